The van der Waals surface area contributed by atoms with Gasteiger partial charge in [0, 0.05) is 17.6 Å². The summed E-state index contributed by atoms with van der Waals surface area (Å²) in [5.41, 5.74) is 5.67. The number of ketones is 3. The molecule has 0 bridgehead atoms. The summed E-state index contributed by atoms with van der Waals surface area (Å²) in [6.07, 6.45) is 3.65. The largest absolute Gasteiger partial charge is 0.511 e. The molecule has 2 unspecified atom stereocenters. The van der Waals surface area contributed by atoms with E-state index in [0.717, 1.165) is 32.4 Å². The molecule has 5 N–H and O–H groups in total. The Hall–Kier alpha value is -3.46. The van der Waals surface area contributed by atoms with Crippen molar-refractivity contribution in [2.45, 2.75) is 38.5 Å². The van der Waals surface area contributed by atoms with Gasteiger partial charge in [-0.2, -0.15) is 0 Å². The van der Waals surface area contributed by atoms with Crippen molar-refractivity contribution in [1.82, 2.24) is 4.90 Å². The van der Waals surface area contributed by atoms with Gasteiger partial charge in [0.05, 0.1) is 18.0 Å². The molecule has 3 atom stereocenters. The first kappa shape index (κ1) is 23.3. The molecule has 0 radical (unpaired) electrons. The minimum atomic E-state index is -1.16. The Balaban J connectivity index is 1.55. The van der Waals surface area contributed by atoms with E-state index in [-0.39, 0.29) is 42.1 Å². The number of allylic oxidation sites excluding steroid dienone is 2. The Morgan fingerprint density at radius 2 is 1.74 bits per heavy atom. The lowest BCUT2D eigenvalue weighted by Crippen LogP contribution is -2.44. The summed E-state index contributed by atoms with van der Waals surface area (Å²) < 4.78 is 0. The van der Waals surface area contributed by atoms with Crippen LogP contribution in [0.25, 0.3) is 5.76 Å². The monoisotopic (exact) mass is 480 g/mol. The van der Waals surface area contributed by atoms with Gasteiger partial charge in [-0.3, -0.25) is 24.1 Å². The van der Waals surface area contributed by atoms with Crippen molar-refractivity contribution in [1.29, 1.82) is 0 Å². The van der Waals surface area contributed by atoms with Crippen LogP contribution in [-0.2, 0) is 20.8 Å². The van der Waals surface area contributed by atoms with Gasteiger partial charge in [0.2, 0.25) is 0 Å². The van der Waals surface area contributed by atoms with Crippen molar-refractivity contribution in [2.75, 3.05) is 19.6 Å². The van der Waals surface area contributed by atoms with Gasteiger partial charge >= 0.3 is 0 Å². The fourth-order valence-corrected chi connectivity index (χ4v) is 6.31. The van der Waals surface area contributed by atoms with E-state index in [4.69, 9.17) is 5.73 Å². The maximum atomic E-state index is 13.5. The SMILES string of the molecule is NC(=O)C1=C(O)C2C(=O)C3=C(O)c4c(O)ccc(C(=O)CN5CCCCC5)c4C[C@H]3CC2CC1=O. The fraction of sp³-hybridized carbons (Fsp3) is 0.462. The van der Waals surface area contributed by atoms with Gasteiger partial charge in [-0.05, 0) is 68.3 Å². The molecule has 1 heterocycles. The zero-order valence-corrected chi connectivity index (χ0v) is 19.2. The molecule has 4 aliphatic rings. The molecule has 9 nitrogen and oxygen atoms in total. The molecule has 2 fully saturated rings. The quantitative estimate of drug-likeness (QED) is 0.376. The number of likely N-dealkylation sites (tertiary alicyclic amines) is 1. The van der Waals surface area contributed by atoms with Crippen LogP contribution in [0.15, 0.2) is 29.0 Å². The summed E-state index contributed by atoms with van der Waals surface area (Å²) in [7, 11) is 0. The number of amides is 1. The van der Waals surface area contributed by atoms with Gasteiger partial charge in [-0.25, -0.2) is 0 Å². The first-order chi connectivity index (χ1) is 16.7. The Morgan fingerprint density at radius 1 is 1.03 bits per heavy atom. The second-order valence-electron chi connectivity index (χ2n) is 10.00. The number of piperidine rings is 1. The van der Waals surface area contributed by atoms with E-state index in [1.807, 2.05) is 0 Å². The number of nitrogens with zero attached hydrogens (tertiary/aromatic N) is 1. The molecular formula is C26H28N2O7. The number of phenols is 1. The minimum absolute atomic E-state index is 0.0411. The number of phenolic OH excluding ortho intramolecular Hbond substituents is 1. The zero-order chi connectivity index (χ0) is 25.0. The number of nitrogens with two attached hydrogens (primary N) is 1. The molecular weight excluding hydrogens is 452 g/mol. The third-order valence-electron chi connectivity index (χ3n) is 7.89. The maximum Gasteiger partial charge on any atom is 0.255 e. The highest BCUT2D eigenvalue weighted by Gasteiger charge is 2.51. The lowest BCUT2D eigenvalue weighted by Gasteiger charge is -2.41. The van der Waals surface area contributed by atoms with Crippen molar-refractivity contribution in [2.24, 2.45) is 23.5 Å². The number of carbonyl (C=O) groups excluding carboxylic acids is 4. The highest BCUT2D eigenvalue weighted by molar-refractivity contribution is 6.21. The van der Waals surface area contributed by atoms with Crippen molar-refractivity contribution >= 4 is 29.0 Å². The molecule has 184 valence electrons. The van der Waals surface area contributed by atoms with Gasteiger partial charge in [-0.1, -0.05) is 6.42 Å². The van der Waals surface area contributed by atoms with Crippen molar-refractivity contribution in [3.63, 3.8) is 0 Å². The molecule has 0 spiro atoms. The fourth-order valence-electron chi connectivity index (χ4n) is 6.31. The standard InChI is InChI=1S/C26H28N2O7/c27-26(35)22-17(30)10-13-8-12-9-15-14(18(31)11-28-6-2-1-3-7-28)4-5-16(29)21(15)24(33)19(12)23(32)20(13)25(22)34/h4-5,12-13,20,29,33-34H,1-3,6-11H2,(H2,27,35)/t12-,13?,20?/m1/s1. The minimum Gasteiger partial charge on any atom is -0.511 e. The number of Topliss-reactive ketones (excluding diaryl/α,β-unsaturated/α-hetero) is 3. The average molecular weight is 481 g/mol. The topological polar surface area (TPSA) is 158 Å². The van der Waals surface area contributed by atoms with Crippen LogP contribution in [0.4, 0.5) is 0 Å². The number of primary amides is 1. The summed E-state index contributed by atoms with van der Waals surface area (Å²) in [6.45, 7) is 1.94. The lowest BCUT2D eigenvalue weighted by atomic mass is 9.61. The van der Waals surface area contributed by atoms with Crippen LogP contribution in [0, 0.1) is 17.8 Å². The van der Waals surface area contributed by atoms with Gasteiger partial charge < -0.3 is 21.1 Å². The van der Waals surface area contributed by atoms with E-state index in [1.54, 1.807) is 6.07 Å². The molecule has 1 aromatic rings. The van der Waals surface area contributed by atoms with E-state index in [0.29, 0.717) is 17.5 Å². The van der Waals surface area contributed by atoms with Crippen LogP contribution in [0.3, 0.4) is 0 Å². The van der Waals surface area contributed by atoms with E-state index >= 15 is 0 Å². The molecule has 1 amide bonds. The van der Waals surface area contributed by atoms with Crippen LogP contribution in [0.1, 0.15) is 53.6 Å². The van der Waals surface area contributed by atoms with E-state index < -0.39 is 52.3 Å². The summed E-state index contributed by atoms with van der Waals surface area (Å²) in [4.78, 5) is 52.9. The molecule has 3 aliphatic carbocycles. The highest BCUT2D eigenvalue weighted by Crippen LogP contribution is 2.50. The van der Waals surface area contributed by atoms with Crippen molar-refractivity contribution in [3.05, 3.63) is 45.7 Å². The number of carbonyl (C=O) groups is 4. The van der Waals surface area contributed by atoms with Crippen LogP contribution >= 0.6 is 0 Å². The van der Waals surface area contributed by atoms with Gasteiger partial charge in [-0.15, -0.1) is 0 Å². The van der Waals surface area contributed by atoms with Crippen LogP contribution in [0.5, 0.6) is 5.75 Å². The van der Waals surface area contributed by atoms with Gasteiger partial charge in [0.15, 0.2) is 17.3 Å². The predicted molar refractivity (Wildman–Crippen MR) is 125 cm³/mol. The van der Waals surface area contributed by atoms with Gasteiger partial charge in [0.25, 0.3) is 5.91 Å². The Bertz CT molecular complexity index is 1220. The second-order valence-corrected chi connectivity index (χ2v) is 10.00. The Morgan fingerprint density at radius 3 is 2.43 bits per heavy atom. The first-order valence-electron chi connectivity index (χ1n) is 12.0. The van der Waals surface area contributed by atoms with Crippen LogP contribution in [0.2, 0.25) is 0 Å². The smallest absolute Gasteiger partial charge is 0.255 e. The number of aromatic hydroxyl groups is 1. The first-order valence-corrected chi connectivity index (χ1v) is 12.0. The predicted octanol–water partition coefficient (Wildman–Crippen LogP) is 1.98. The highest BCUT2D eigenvalue weighted by atomic mass is 16.3. The van der Waals surface area contributed by atoms with Crippen molar-refractivity contribution < 1.29 is 34.5 Å². The number of aliphatic hydroxyl groups excluding tert-OH is 2. The number of fused-ring (bicyclic) bond motifs is 3. The maximum absolute atomic E-state index is 13.5. The van der Waals surface area contributed by atoms with E-state index in [9.17, 15) is 34.5 Å². The number of rotatable bonds is 4. The zero-order valence-electron chi connectivity index (χ0n) is 19.2. The summed E-state index contributed by atoms with van der Waals surface area (Å²) in [6, 6.07) is 2.90. The molecule has 35 heavy (non-hydrogen) atoms. The van der Waals surface area contributed by atoms with Crippen molar-refractivity contribution in [3.8, 4) is 5.75 Å². The molecule has 1 saturated heterocycles. The lowest BCUT2D eigenvalue weighted by molar-refractivity contribution is -0.127. The molecule has 5 rings (SSSR count). The second kappa shape index (κ2) is 8.64. The average Bonchev–Trinajstić information content (AvgIpc) is 2.79. The summed E-state index contributed by atoms with van der Waals surface area (Å²) >= 11 is 0. The molecule has 1 aromatic carbocycles. The molecule has 1 aliphatic heterocycles. The van der Waals surface area contributed by atoms with E-state index in [1.165, 1.54) is 6.07 Å². The Kier molecular flexibility index (Phi) is 5.75. The number of aliphatic hydroxyl groups is 2. The third-order valence-corrected chi connectivity index (χ3v) is 7.89. The number of hydrogen-bond acceptors (Lipinski definition) is 8. The normalized spacial score (nSPS) is 26.8. The number of hydrogen-bond donors (Lipinski definition) is 4. The van der Waals surface area contributed by atoms with E-state index in [2.05, 4.69) is 4.90 Å². The number of benzene rings is 1. The van der Waals surface area contributed by atoms with Crippen LogP contribution < -0.4 is 5.73 Å². The molecule has 9 heteroatoms. The summed E-state index contributed by atoms with van der Waals surface area (Å²) in [5.74, 6) is -5.92. The molecule has 0 aromatic heterocycles. The molecule has 1 saturated carbocycles. The Labute approximate surface area is 201 Å². The van der Waals surface area contributed by atoms with Gasteiger partial charge in [0.1, 0.15) is 22.8 Å². The third kappa shape index (κ3) is 3.74. The van der Waals surface area contributed by atoms with Crippen LogP contribution in [-0.4, -0.2) is 63.1 Å². The summed E-state index contributed by atoms with van der Waals surface area (Å²) in [5, 5.41) is 32.3.